The Bertz CT molecular complexity index is 1060. The first kappa shape index (κ1) is 20.8. The maximum absolute atomic E-state index is 13.8. The number of nitrogens with zero attached hydrogens (tertiary/aromatic N) is 6. The van der Waals surface area contributed by atoms with Crippen LogP contribution < -0.4 is 15.1 Å². The van der Waals surface area contributed by atoms with Crippen molar-refractivity contribution in [1.29, 1.82) is 0 Å². The van der Waals surface area contributed by atoms with E-state index in [1.807, 2.05) is 21.0 Å². The Kier molecular flexibility index (Phi) is 6.58. The van der Waals surface area contributed by atoms with Crippen LogP contribution in [0, 0.1) is 5.95 Å². The summed E-state index contributed by atoms with van der Waals surface area (Å²) in [4.78, 5) is 30.3. The summed E-state index contributed by atoms with van der Waals surface area (Å²) in [5.74, 6) is -0.780. The zero-order chi connectivity index (χ0) is 21.5. The standard InChI is InChI=1S/C20H20FN7O2/c1-4-30-18-6-5-13(8-23-18)16-11-22-12-17(26-16)20(29)27-25-9-14-7-15(28(2)3)10-24-19(14)21/h5-12H,4H2,1-3H3,(H,27,29)/b25-9+. The summed E-state index contributed by atoms with van der Waals surface area (Å²) >= 11 is 0. The van der Waals surface area contributed by atoms with Crippen LogP contribution in [0.5, 0.6) is 5.88 Å². The second kappa shape index (κ2) is 9.50. The van der Waals surface area contributed by atoms with Gasteiger partial charge in [-0.25, -0.2) is 20.4 Å². The highest BCUT2D eigenvalue weighted by Crippen LogP contribution is 2.18. The number of hydrogen-bond acceptors (Lipinski definition) is 8. The molecule has 0 aliphatic carbocycles. The fraction of sp³-hybridized carbons (Fsp3) is 0.200. The van der Waals surface area contributed by atoms with Crippen molar-refractivity contribution in [2.24, 2.45) is 5.10 Å². The molecule has 0 spiro atoms. The highest BCUT2D eigenvalue weighted by molar-refractivity contribution is 5.93. The van der Waals surface area contributed by atoms with Crippen LogP contribution in [0.15, 0.2) is 48.1 Å². The predicted octanol–water partition coefficient (Wildman–Crippen LogP) is 2.30. The number of halogens is 1. The van der Waals surface area contributed by atoms with Crippen LogP contribution in [0.3, 0.4) is 0 Å². The molecule has 3 aromatic rings. The molecule has 30 heavy (non-hydrogen) atoms. The second-order valence-electron chi connectivity index (χ2n) is 6.27. The third kappa shape index (κ3) is 5.10. The van der Waals surface area contributed by atoms with E-state index in [4.69, 9.17) is 4.74 Å². The number of carbonyl (C=O) groups is 1. The van der Waals surface area contributed by atoms with Gasteiger partial charge >= 0.3 is 0 Å². The van der Waals surface area contributed by atoms with Crippen LogP contribution in [0.1, 0.15) is 23.0 Å². The first-order valence-electron chi connectivity index (χ1n) is 9.05. The minimum absolute atomic E-state index is 0.0548. The molecule has 3 rings (SSSR count). The zero-order valence-corrected chi connectivity index (χ0v) is 16.7. The Labute approximate surface area is 172 Å². The molecule has 3 aromatic heterocycles. The average Bonchev–Trinajstić information content (AvgIpc) is 2.75. The van der Waals surface area contributed by atoms with Gasteiger partial charge in [0.15, 0.2) is 0 Å². The molecule has 0 fully saturated rings. The lowest BCUT2D eigenvalue weighted by Gasteiger charge is -2.12. The number of amides is 1. The maximum atomic E-state index is 13.8. The van der Waals surface area contributed by atoms with E-state index in [1.54, 1.807) is 29.3 Å². The molecule has 9 nitrogen and oxygen atoms in total. The highest BCUT2D eigenvalue weighted by Gasteiger charge is 2.10. The second-order valence-corrected chi connectivity index (χ2v) is 6.27. The van der Waals surface area contributed by atoms with E-state index in [2.05, 4.69) is 30.5 Å². The predicted molar refractivity (Wildman–Crippen MR) is 110 cm³/mol. The summed E-state index contributed by atoms with van der Waals surface area (Å²) in [6.07, 6.45) is 7.00. The van der Waals surface area contributed by atoms with E-state index in [0.717, 1.165) is 0 Å². The number of rotatable bonds is 7. The van der Waals surface area contributed by atoms with Crippen molar-refractivity contribution in [3.05, 3.63) is 60.2 Å². The molecular formula is C20H20FN7O2. The minimum atomic E-state index is -0.691. The molecule has 0 saturated carbocycles. The number of ether oxygens (including phenoxy) is 1. The molecule has 3 heterocycles. The molecule has 0 atom stereocenters. The van der Waals surface area contributed by atoms with E-state index in [9.17, 15) is 9.18 Å². The van der Waals surface area contributed by atoms with Crippen molar-refractivity contribution in [3.8, 4) is 17.1 Å². The molecule has 0 saturated heterocycles. The Hall–Kier alpha value is -3.95. The third-order valence-corrected chi connectivity index (χ3v) is 3.93. The van der Waals surface area contributed by atoms with Crippen LogP contribution in [0.2, 0.25) is 0 Å². The lowest BCUT2D eigenvalue weighted by atomic mass is 10.2. The van der Waals surface area contributed by atoms with Crippen molar-refractivity contribution in [3.63, 3.8) is 0 Å². The van der Waals surface area contributed by atoms with Gasteiger partial charge in [-0.05, 0) is 19.1 Å². The van der Waals surface area contributed by atoms with Gasteiger partial charge in [-0.3, -0.25) is 9.78 Å². The van der Waals surface area contributed by atoms with E-state index < -0.39 is 11.9 Å². The number of hydrazone groups is 1. The molecule has 0 radical (unpaired) electrons. The fourth-order valence-corrected chi connectivity index (χ4v) is 2.39. The number of pyridine rings is 2. The maximum Gasteiger partial charge on any atom is 0.291 e. The van der Waals surface area contributed by atoms with Gasteiger partial charge in [-0.1, -0.05) is 0 Å². The summed E-state index contributed by atoms with van der Waals surface area (Å²) in [7, 11) is 3.62. The van der Waals surface area contributed by atoms with Crippen LogP contribution in [-0.4, -0.2) is 52.8 Å². The highest BCUT2D eigenvalue weighted by atomic mass is 19.1. The largest absolute Gasteiger partial charge is 0.478 e. The number of carbonyl (C=O) groups excluding carboxylic acids is 1. The van der Waals surface area contributed by atoms with Gasteiger partial charge in [0.25, 0.3) is 5.91 Å². The van der Waals surface area contributed by atoms with E-state index in [-0.39, 0.29) is 11.3 Å². The molecule has 0 aliphatic heterocycles. The summed E-state index contributed by atoms with van der Waals surface area (Å²) < 4.78 is 19.1. The smallest absolute Gasteiger partial charge is 0.291 e. The molecule has 0 unspecified atom stereocenters. The molecule has 0 aromatic carbocycles. The summed E-state index contributed by atoms with van der Waals surface area (Å²) in [5.41, 5.74) is 4.36. The molecule has 0 bridgehead atoms. The van der Waals surface area contributed by atoms with Gasteiger partial charge in [0, 0.05) is 31.9 Å². The summed E-state index contributed by atoms with van der Waals surface area (Å²) in [5, 5.41) is 3.79. The lowest BCUT2D eigenvalue weighted by Crippen LogP contribution is -2.19. The van der Waals surface area contributed by atoms with Gasteiger partial charge in [-0.15, -0.1) is 0 Å². The van der Waals surface area contributed by atoms with Gasteiger partial charge in [0.2, 0.25) is 11.8 Å². The molecule has 1 amide bonds. The monoisotopic (exact) mass is 409 g/mol. The van der Waals surface area contributed by atoms with Gasteiger partial charge < -0.3 is 9.64 Å². The first-order valence-corrected chi connectivity index (χ1v) is 9.05. The van der Waals surface area contributed by atoms with E-state index >= 15 is 0 Å². The Balaban J connectivity index is 1.71. The fourth-order valence-electron chi connectivity index (χ4n) is 2.39. The Morgan fingerprint density at radius 3 is 2.77 bits per heavy atom. The lowest BCUT2D eigenvalue weighted by molar-refractivity contribution is 0.0950. The molecular weight excluding hydrogens is 389 g/mol. The molecule has 1 N–H and O–H groups in total. The van der Waals surface area contributed by atoms with Crippen molar-refractivity contribution in [1.82, 2.24) is 25.4 Å². The SMILES string of the molecule is CCOc1ccc(-c2cncc(C(=O)N/N=C/c3cc(N(C)C)cnc3F)n2)cn1. The van der Waals surface area contributed by atoms with E-state index in [0.29, 0.717) is 29.4 Å². The summed E-state index contributed by atoms with van der Waals surface area (Å²) in [6.45, 7) is 2.39. The van der Waals surface area contributed by atoms with Crippen molar-refractivity contribution < 1.29 is 13.9 Å². The number of aromatic nitrogens is 4. The normalized spacial score (nSPS) is 10.8. The molecule has 154 valence electrons. The number of hydrogen-bond donors (Lipinski definition) is 1. The van der Waals surface area contributed by atoms with Crippen LogP contribution >= 0.6 is 0 Å². The van der Waals surface area contributed by atoms with Crippen molar-refractivity contribution >= 4 is 17.8 Å². The quantitative estimate of drug-likeness (QED) is 0.363. The van der Waals surface area contributed by atoms with Crippen LogP contribution in [0.25, 0.3) is 11.3 Å². The van der Waals surface area contributed by atoms with Crippen molar-refractivity contribution in [2.45, 2.75) is 6.92 Å². The van der Waals surface area contributed by atoms with Gasteiger partial charge in [0.05, 0.1) is 48.4 Å². The van der Waals surface area contributed by atoms with Gasteiger partial charge in [0.1, 0.15) is 5.69 Å². The Morgan fingerprint density at radius 1 is 1.23 bits per heavy atom. The average molecular weight is 409 g/mol. The third-order valence-electron chi connectivity index (χ3n) is 3.93. The minimum Gasteiger partial charge on any atom is -0.478 e. The number of anilines is 1. The van der Waals surface area contributed by atoms with E-state index in [1.165, 1.54) is 24.8 Å². The number of nitrogens with one attached hydrogen (secondary N) is 1. The zero-order valence-electron chi connectivity index (χ0n) is 16.7. The van der Waals surface area contributed by atoms with Crippen molar-refractivity contribution in [2.75, 3.05) is 25.6 Å². The van der Waals surface area contributed by atoms with Crippen LogP contribution in [-0.2, 0) is 0 Å². The molecule has 10 heteroatoms. The topological polar surface area (TPSA) is 105 Å². The molecule has 0 aliphatic rings. The first-order chi connectivity index (χ1) is 14.5. The Morgan fingerprint density at radius 2 is 2.07 bits per heavy atom. The summed E-state index contributed by atoms with van der Waals surface area (Å²) in [6, 6.07) is 5.05. The van der Waals surface area contributed by atoms with Gasteiger partial charge in [-0.2, -0.15) is 9.49 Å². The van der Waals surface area contributed by atoms with Crippen LogP contribution in [0.4, 0.5) is 10.1 Å².